The Morgan fingerprint density at radius 3 is 3.06 bits per heavy atom. The van der Waals surface area contributed by atoms with E-state index in [0.717, 1.165) is 35.1 Å². The van der Waals surface area contributed by atoms with Crippen LogP contribution in [0.15, 0.2) is 22.7 Å². The highest BCUT2D eigenvalue weighted by atomic mass is 79.9. The average molecular weight is 282 g/mol. The van der Waals surface area contributed by atoms with E-state index >= 15 is 0 Å². The van der Waals surface area contributed by atoms with E-state index in [4.69, 9.17) is 0 Å². The van der Waals surface area contributed by atoms with E-state index in [0.29, 0.717) is 12.3 Å². The lowest BCUT2D eigenvalue weighted by molar-refractivity contribution is 0.0964. The number of hydrogen-bond acceptors (Lipinski definition) is 2. The Bertz CT molecular complexity index is 397. The number of carbonyl (C=O) groups is 1. The van der Waals surface area contributed by atoms with Crippen molar-refractivity contribution in [1.82, 2.24) is 5.32 Å². The van der Waals surface area contributed by atoms with Gasteiger partial charge in [-0.2, -0.15) is 0 Å². The van der Waals surface area contributed by atoms with E-state index in [1.807, 2.05) is 25.1 Å². The number of Topliss-reactive ketones (excluding diaryl/α,β-unsaturated/α-hetero) is 1. The van der Waals surface area contributed by atoms with Gasteiger partial charge in [0.2, 0.25) is 0 Å². The summed E-state index contributed by atoms with van der Waals surface area (Å²) in [7, 11) is 0. The molecule has 1 atom stereocenters. The minimum Gasteiger partial charge on any atom is -0.316 e. The maximum absolute atomic E-state index is 12.1. The van der Waals surface area contributed by atoms with Crippen LogP contribution in [0.3, 0.4) is 0 Å². The first-order valence-electron chi connectivity index (χ1n) is 5.67. The predicted molar refractivity (Wildman–Crippen MR) is 68.8 cm³/mol. The van der Waals surface area contributed by atoms with Crippen LogP contribution in [0.25, 0.3) is 0 Å². The normalized spacial score (nSPS) is 20.0. The molecule has 0 spiro atoms. The van der Waals surface area contributed by atoms with Gasteiger partial charge in [-0.15, -0.1) is 0 Å². The number of halogens is 1. The Morgan fingerprint density at radius 2 is 2.38 bits per heavy atom. The second-order valence-corrected chi connectivity index (χ2v) is 5.36. The number of rotatable bonds is 3. The maximum Gasteiger partial charge on any atom is 0.163 e. The standard InChI is InChI=1S/C13H16BrNO/c1-9-2-3-11(14)7-12(9)13(16)6-10-4-5-15-8-10/h2-3,7,10,15H,4-6,8H2,1H3. The SMILES string of the molecule is Cc1ccc(Br)cc1C(=O)CC1CCNC1. The second-order valence-electron chi connectivity index (χ2n) is 4.45. The summed E-state index contributed by atoms with van der Waals surface area (Å²) in [5.41, 5.74) is 1.93. The van der Waals surface area contributed by atoms with Gasteiger partial charge in [0.15, 0.2) is 5.78 Å². The third-order valence-electron chi connectivity index (χ3n) is 3.14. The van der Waals surface area contributed by atoms with Gasteiger partial charge in [0.25, 0.3) is 0 Å². The molecule has 1 fully saturated rings. The van der Waals surface area contributed by atoms with Gasteiger partial charge in [-0.3, -0.25) is 4.79 Å². The van der Waals surface area contributed by atoms with Crippen LogP contribution in [0.5, 0.6) is 0 Å². The monoisotopic (exact) mass is 281 g/mol. The Labute approximate surface area is 105 Å². The zero-order chi connectivity index (χ0) is 11.5. The topological polar surface area (TPSA) is 29.1 Å². The van der Waals surface area contributed by atoms with E-state index in [-0.39, 0.29) is 5.78 Å². The highest BCUT2D eigenvalue weighted by Gasteiger charge is 2.19. The molecule has 0 radical (unpaired) electrons. The highest BCUT2D eigenvalue weighted by Crippen LogP contribution is 2.21. The fourth-order valence-corrected chi connectivity index (χ4v) is 2.52. The van der Waals surface area contributed by atoms with Crippen LogP contribution in [0.2, 0.25) is 0 Å². The zero-order valence-electron chi connectivity index (χ0n) is 9.42. The molecule has 0 aromatic heterocycles. The number of benzene rings is 1. The quantitative estimate of drug-likeness (QED) is 0.864. The van der Waals surface area contributed by atoms with Gasteiger partial charge in [-0.05, 0) is 50.0 Å². The average Bonchev–Trinajstić information content (AvgIpc) is 2.74. The van der Waals surface area contributed by atoms with Crippen molar-refractivity contribution in [2.45, 2.75) is 19.8 Å². The Balaban J connectivity index is 2.10. The third-order valence-corrected chi connectivity index (χ3v) is 3.63. The van der Waals surface area contributed by atoms with Crippen LogP contribution in [-0.4, -0.2) is 18.9 Å². The maximum atomic E-state index is 12.1. The fraction of sp³-hybridized carbons (Fsp3) is 0.462. The number of hydrogen-bond donors (Lipinski definition) is 1. The molecule has 1 aliphatic heterocycles. The number of nitrogens with one attached hydrogen (secondary N) is 1. The van der Waals surface area contributed by atoms with Gasteiger partial charge >= 0.3 is 0 Å². The van der Waals surface area contributed by atoms with Crippen LogP contribution in [0.4, 0.5) is 0 Å². The van der Waals surface area contributed by atoms with E-state index in [1.54, 1.807) is 0 Å². The molecular formula is C13H16BrNO. The number of aryl methyl sites for hydroxylation is 1. The summed E-state index contributed by atoms with van der Waals surface area (Å²) in [6, 6.07) is 5.90. The molecule has 1 N–H and O–H groups in total. The van der Waals surface area contributed by atoms with Crippen LogP contribution in [-0.2, 0) is 0 Å². The minimum atomic E-state index is 0.271. The molecule has 16 heavy (non-hydrogen) atoms. The fourth-order valence-electron chi connectivity index (χ4n) is 2.16. The summed E-state index contributed by atoms with van der Waals surface area (Å²) in [5, 5.41) is 3.29. The van der Waals surface area contributed by atoms with Crippen molar-refractivity contribution in [1.29, 1.82) is 0 Å². The summed E-state index contributed by atoms with van der Waals surface area (Å²) >= 11 is 3.41. The van der Waals surface area contributed by atoms with Crippen molar-refractivity contribution in [2.75, 3.05) is 13.1 Å². The van der Waals surface area contributed by atoms with Crippen molar-refractivity contribution < 1.29 is 4.79 Å². The summed E-state index contributed by atoms with van der Waals surface area (Å²) in [6.45, 7) is 4.03. The summed E-state index contributed by atoms with van der Waals surface area (Å²) in [6.07, 6.45) is 1.79. The Hall–Kier alpha value is -0.670. The molecule has 2 rings (SSSR count). The Kier molecular flexibility index (Phi) is 3.77. The van der Waals surface area contributed by atoms with Gasteiger partial charge in [0.05, 0.1) is 0 Å². The first-order chi connectivity index (χ1) is 7.66. The summed E-state index contributed by atoms with van der Waals surface area (Å²) in [4.78, 5) is 12.1. The molecular weight excluding hydrogens is 266 g/mol. The lowest BCUT2D eigenvalue weighted by Crippen LogP contribution is -2.13. The first kappa shape index (κ1) is 11.8. The largest absolute Gasteiger partial charge is 0.316 e. The molecule has 0 saturated carbocycles. The van der Waals surface area contributed by atoms with Gasteiger partial charge in [-0.1, -0.05) is 22.0 Å². The molecule has 1 aliphatic rings. The molecule has 1 saturated heterocycles. The van der Waals surface area contributed by atoms with Gasteiger partial charge in [-0.25, -0.2) is 0 Å². The molecule has 2 nitrogen and oxygen atoms in total. The minimum absolute atomic E-state index is 0.271. The van der Waals surface area contributed by atoms with E-state index in [9.17, 15) is 4.79 Å². The van der Waals surface area contributed by atoms with Crippen molar-refractivity contribution in [3.8, 4) is 0 Å². The Morgan fingerprint density at radius 1 is 1.56 bits per heavy atom. The molecule has 0 aliphatic carbocycles. The molecule has 86 valence electrons. The van der Waals surface area contributed by atoms with E-state index in [2.05, 4.69) is 21.2 Å². The van der Waals surface area contributed by atoms with Crippen molar-refractivity contribution in [3.63, 3.8) is 0 Å². The zero-order valence-corrected chi connectivity index (χ0v) is 11.0. The summed E-state index contributed by atoms with van der Waals surface area (Å²) in [5.74, 6) is 0.790. The lowest BCUT2D eigenvalue weighted by Gasteiger charge is -2.09. The lowest BCUT2D eigenvalue weighted by atomic mass is 9.95. The molecule has 1 heterocycles. The van der Waals surface area contributed by atoms with Gasteiger partial charge < -0.3 is 5.32 Å². The molecule has 0 bridgehead atoms. The summed E-state index contributed by atoms with van der Waals surface area (Å²) < 4.78 is 0.978. The molecule has 3 heteroatoms. The van der Waals surface area contributed by atoms with Crippen LogP contribution < -0.4 is 5.32 Å². The van der Waals surface area contributed by atoms with Crippen LogP contribution in [0.1, 0.15) is 28.8 Å². The first-order valence-corrected chi connectivity index (χ1v) is 6.46. The number of carbonyl (C=O) groups excluding carboxylic acids is 1. The van der Waals surface area contributed by atoms with Gasteiger partial charge in [0.1, 0.15) is 0 Å². The molecule has 1 aromatic rings. The van der Waals surface area contributed by atoms with Crippen molar-refractivity contribution in [2.24, 2.45) is 5.92 Å². The molecule has 0 amide bonds. The predicted octanol–water partition coefficient (Wildman–Crippen LogP) is 2.94. The second kappa shape index (κ2) is 5.11. The van der Waals surface area contributed by atoms with Crippen molar-refractivity contribution >= 4 is 21.7 Å². The number of ketones is 1. The molecule has 1 unspecified atom stereocenters. The van der Waals surface area contributed by atoms with E-state index in [1.165, 1.54) is 0 Å². The molecule has 1 aromatic carbocycles. The van der Waals surface area contributed by atoms with Gasteiger partial charge in [0, 0.05) is 16.5 Å². The smallest absolute Gasteiger partial charge is 0.163 e. The van der Waals surface area contributed by atoms with Crippen LogP contribution in [0, 0.1) is 12.8 Å². The van der Waals surface area contributed by atoms with E-state index < -0.39 is 0 Å². The highest BCUT2D eigenvalue weighted by molar-refractivity contribution is 9.10. The van der Waals surface area contributed by atoms with Crippen molar-refractivity contribution in [3.05, 3.63) is 33.8 Å². The third kappa shape index (κ3) is 2.71. The van der Waals surface area contributed by atoms with Crippen LogP contribution >= 0.6 is 15.9 Å².